The Kier molecular flexibility index (Phi) is 4.37. The van der Waals surface area contributed by atoms with Gasteiger partial charge < -0.3 is 10.6 Å². The molecule has 1 fully saturated rings. The molecule has 1 amide bonds. The van der Waals surface area contributed by atoms with E-state index in [-0.39, 0.29) is 5.91 Å². The van der Waals surface area contributed by atoms with Crippen molar-refractivity contribution < 1.29 is 4.79 Å². The second-order valence-electron chi connectivity index (χ2n) is 4.08. The molecule has 1 heterocycles. The van der Waals surface area contributed by atoms with E-state index in [9.17, 15) is 4.79 Å². The maximum absolute atomic E-state index is 11.4. The maximum atomic E-state index is 11.4. The van der Waals surface area contributed by atoms with Crippen LogP contribution in [0.15, 0.2) is 15.9 Å². The number of thiophene rings is 1. The van der Waals surface area contributed by atoms with Gasteiger partial charge in [-0.3, -0.25) is 4.79 Å². The topological polar surface area (TPSA) is 41.1 Å². The first kappa shape index (κ1) is 12.1. The second kappa shape index (κ2) is 5.80. The Bertz CT molecular complexity index is 363. The highest BCUT2D eigenvalue weighted by atomic mass is 79.9. The van der Waals surface area contributed by atoms with Crippen LogP contribution in [0.2, 0.25) is 0 Å². The lowest BCUT2D eigenvalue weighted by Gasteiger charge is -2.04. The van der Waals surface area contributed by atoms with Gasteiger partial charge in [-0.2, -0.15) is 0 Å². The minimum absolute atomic E-state index is 0.0742. The van der Waals surface area contributed by atoms with E-state index in [2.05, 4.69) is 26.6 Å². The van der Waals surface area contributed by atoms with E-state index < -0.39 is 0 Å². The van der Waals surface area contributed by atoms with Gasteiger partial charge in [-0.05, 0) is 47.3 Å². The number of nitrogens with one attached hydrogen (secondary N) is 2. The summed E-state index contributed by atoms with van der Waals surface area (Å²) in [5, 5.41) is 8.09. The Morgan fingerprint density at radius 3 is 3.00 bits per heavy atom. The number of carbonyl (C=O) groups is 1. The third-order valence-corrected chi connectivity index (χ3v) is 4.19. The van der Waals surface area contributed by atoms with Crippen LogP contribution in [0.25, 0.3) is 0 Å². The molecule has 1 aromatic heterocycles. The standard InChI is InChI=1S/C11H15BrN2OS/c12-9-3-10(16-7-9)5-14-11(15)6-13-4-8-1-2-8/h3,7-8,13H,1-2,4-6H2,(H,14,15). The van der Waals surface area contributed by atoms with Crippen LogP contribution in [-0.4, -0.2) is 19.0 Å². The quantitative estimate of drug-likeness (QED) is 0.845. The maximum Gasteiger partial charge on any atom is 0.234 e. The molecule has 2 N–H and O–H groups in total. The van der Waals surface area contributed by atoms with Crippen LogP contribution < -0.4 is 10.6 Å². The minimum Gasteiger partial charge on any atom is -0.350 e. The molecule has 1 aliphatic carbocycles. The Balaban J connectivity index is 1.59. The van der Waals surface area contributed by atoms with Gasteiger partial charge in [0.2, 0.25) is 5.91 Å². The van der Waals surface area contributed by atoms with E-state index in [0.717, 1.165) is 16.9 Å². The average Bonchev–Trinajstić information content (AvgIpc) is 2.98. The lowest BCUT2D eigenvalue weighted by Crippen LogP contribution is -2.34. The van der Waals surface area contributed by atoms with Crippen molar-refractivity contribution in [2.75, 3.05) is 13.1 Å². The van der Waals surface area contributed by atoms with E-state index in [1.165, 1.54) is 17.7 Å². The van der Waals surface area contributed by atoms with Crippen LogP contribution in [0, 0.1) is 5.92 Å². The molecule has 16 heavy (non-hydrogen) atoms. The SMILES string of the molecule is O=C(CNCC1CC1)NCc1cc(Br)cs1. The first-order valence-electron chi connectivity index (χ1n) is 5.44. The average molecular weight is 303 g/mol. The number of rotatable bonds is 6. The summed E-state index contributed by atoms with van der Waals surface area (Å²) in [7, 11) is 0. The molecule has 0 spiro atoms. The van der Waals surface area contributed by atoms with Gasteiger partial charge in [0.15, 0.2) is 0 Å². The first-order chi connectivity index (χ1) is 7.74. The Labute approximate surface area is 108 Å². The van der Waals surface area contributed by atoms with Crippen LogP contribution in [0.1, 0.15) is 17.7 Å². The van der Waals surface area contributed by atoms with Gasteiger partial charge in [0, 0.05) is 14.7 Å². The molecule has 1 saturated carbocycles. The van der Waals surface area contributed by atoms with Crippen molar-refractivity contribution in [2.24, 2.45) is 5.92 Å². The van der Waals surface area contributed by atoms with E-state index in [1.807, 2.05) is 11.4 Å². The first-order valence-corrected chi connectivity index (χ1v) is 7.11. The fourth-order valence-electron chi connectivity index (χ4n) is 1.41. The Morgan fingerprint density at radius 1 is 1.56 bits per heavy atom. The summed E-state index contributed by atoms with van der Waals surface area (Å²) in [6.45, 7) is 2.04. The molecular weight excluding hydrogens is 288 g/mol. The molecule has 0 aliphatic heterocycles. The van der Waals surface area contributed by atoms with Crippen molar-refractivity contribution in [3.63, 3.8) is 0 Å². The van der Waals surface area contributed by atoms with E-state index in [0.29, 0.717) is 13.1 Å². The predicted octanol–water partition coefficient (Wildman–Crippen LogP) is 2.13. The van der Waals surface area contributed by atoms with Crippen LogP contribution in [0.5, 0.6) is 0 Å². The lowest BCUT2D eigenvalue weighted by atomic mass is 10.4. The van der Waals surface area contributed by atoms with Gasteiger partial charge in [-0.25, -0.2) is 0 Å². The molecule has 0 radical (unpaired) electrons. The molecule has 1 aliphatic rings. The fourth-order valence-corrected chi connectivity index (χ4v) is 2.80. The zero-order valence-electron chi connectivity index (χ0n) is 8.96. The summed E-state index contributed by atoms with van der Waals surface area (Å²) >= 11 is 5.04. The van der Waals surface area contributed by atoms with Gasteiger partial charge in [0.05, 0.1) is 13.1 Å². The molecule has 0 saturated heterocycles. The van der Waals surface area contributed by atoms with Crippen molar-refractivity contribution in [2.45, 2.75) is 19.4 Å². The Hall–Kier alpha value is -0.390. The number of hydrogen-bond acceptors (Lipinski definition) is 3. The molecule has 1 aromatic rings. The second-order valence-corrected chi connectivity index (χ2v) is 5.99. The highest BCUT2D eigenvalue weighted by Crippen LogP contribution is 2.27. The van der Waals surface area contributed by atoms with E-state index in [4.69, 9.17) is 0 Å². The largest absolute Gasteiger partial charge is 0.350 e. The van der Waals surface area contributed by atoms with Gasteiger partial charge in [0.25, 0.3) is 0 Å². The van der Waals surface area contributed by atoms with Gasteiger partial charge in [-0.1, -0.05) is 0 Å². The summed E-state index contributed by atoms with van der Waals surface area (Å²) in [5.74, 6) is 0.895. The molecule has 2 rings (SSSR count). The summed E-state index contributed by atoms with van der Waals surface area (Å²) in [6, 6.07) is 2.03. The number of carbonyl (C=O) groups excluding carboxylic acids is 1. The lowest BCUT2D eigenvalue weighted by molar-refractivity contribution is -0.120. The molecule has 5 heteroatoms. The molecule has 0 unspecified atom stereocenters. The zero-order valence-corrected chi connectivity index (χ0v) is 11.4. The van der Waals surface area contributed by atoms with Crippen LogP contribution >= 0.6 is 27.3 Å². The summed E-state index contributed by atoms with van der Waals surface area (Å²) in [6.07, 6.45) is 2.63. The van der Waals surface area contributed by atoms with Crippen molar-refractivity contribution in [1.82, 2.24) is 10.6 Å². The van der Waals surface area contributed by atoms with Crippen LogP contribution in [-0.2, 0) is 11.3 Å². The minimum atomic E-state index is 0.0742. The van der Waals surface area contributed by atoms with Crippen LogP contribution in [0.3, 0.4) is 0 Å². The molecule has 88 valence electrons. The number of halogens is 1. The van der Waals surface area contributed by atoms with E-state index >= 15 is 0 Å². The third-order valence-electron chi connectivity index (χ3n) is 2.50. The van der Waals surface area contributed by atoms with E-state index in [1.54, 1.807) is 11.3 Å². The highest BCUT2D eigenvalue weighted by molar-refractivity contribution is 9.10. The third kappa shape index (κ3) is 4.23. The zero-order chi connectivity index (χ0) is 11.4. The molecule has 0 bridgehead atoms. The monoisotopic (exact) mass is 302 g/mol. The van der Waals surface area contributed by atoms with Crippen molar-refractivity contribution in [3.05, 3.63) is 20.8 Å². The van der Waals surface area contributed by atoms with Gasteiger partial charge in [0.1, 0.15) is 0 Å². The highest BCUT2D eigenvalue weighted by Gasteiger charge is 2.20. The predicted molar refractivity (Wildman–Crippen MR) is 69.5 cm³/mol. The molecule has 0 aromatic carbocycles. The summed E-state index contributed by atoms with van der Waals surface area (Å²) in [5.41, 5.74) is 0. The summed E-state index contributed by atoms with van der Waals surface area (Å²) in [4.78, 5) is 12.6. The summed E-state index contributed by atoms with van der Waals surface area (Å²) < 4.78 is 1.08. The normalized spacial score (nSPS) is 15.1. The molecular formula is C11H15BrN2OS. The van der Waals surface area contributed by atoms with Crippen molar-refractivity contribution in [1.29, 1.82) is 0 Å². The number of amides is 1. The van der Waals surface area contributed by atoms with Crippen LogP contribution in [0.4, 0.5) is 0 Å². The molecule has 3 nitrogen and oxygen atoms in total. The Morgan fingerprint density at radius 2 is 2.38 bits per heavy atom. The smallest absolute Gasteiger partial charge is 0.234 e. The fraction of sp³-hybridized carbons (Fsp3) is 0.545. The number of hydrogen-bond donors (Lipinski definition) is 2. The van der Waals surface area contributed by atoms with Crippen molar-refractivity contribution in [3.8, 4) is 0 Å². The van der Waals surface area contributed by atoms with Gasteiger partial charge >= 0.3 is 0 Å². The molecule has 0 atom stereocenters. The van der Waals surface area contributed by atoms with Gasteiger partial charge in [-0.15, -0.1) is 11.3 Å². The van der Waals surface area contributed by atoms with Crippen molar-refractivity contribution >= 4 is 33.2 Å².